The molecule has 142 valence electrons. The lowest BCUT2D eigenvalue weighted by molar-refractivity contribution is 0.0665. The van der Waals surface area contributed by atoms with Crippen LogP contribution in [0.2, 0.25) is 0 Å². The van der Waals surface area contributed by atoms with E-state index in [0.717, 1.165) is 16.3 Å². The number of rotatable bonds is 3. The Bertz CT molecular complexity index is 979. The summed E-state index contributed by atoms with van der Waals surface area (Å²) in [5.74, 6) is 0.0232. The van der Waals surface area contributed by atoms with Crippen LogP contribution in [0.4, 0.5) is 4.79 Å². The summed E-state index contributed by atoms with van der Waals surface area (Å²) in [6.45, 7) is 2.69. The smallest absolute Gasteiger partial charge is 0.317 e. The highest BCUT2D eigenvalue weighted by atomic mass is 16.2. The lowest BCUT2D eigenvalue weighted by Crippen LogP contribution is -2.53. The van der Waals surface area contributed by atoms with Crippen LogP contribution < -0.4 is 5.32 Å². The molecule has 0 bridgehead atoms. The van der Waals surface area contributed by atoms with Gasteiger partial charge in [-0.15, -0.1) is 0 Å². The zero-order valence-electron chi connectivity index (χ0n) is 15.7. The van der Waals surface area contributed by atoms with Gasteiger partial charge in [-0.3, -0.25) is 4.79 Å². The third-order valence-corrected chi connectivity index (χ3v) is 5.14. The second-order valence-electron chi connectivity index (χ2n) is 6.99. The number of hydrogen-bond donors (Lipinski definition) is 1. The zero-order valence-corrected chi connectivity index (χ0v) is 15.7. The van der Waals surface area contributed by atoms with Crippen LogP contribution in [-0.2, 0) is 6.54 Å². The first-order valence-electron chi connectivity index (χ1n) is 9.55. The van der Waals surface area contributed by atoms with Gasteiger partial charge < -0.3 is 15.1 Å². The summed E-state index contributed by atoms with van der Waals surface area (Å²) in [7, 11) is 0. The number of carbonyl (C=O) groups excluding carboxylic acids is 2. The molecule has 1 N–H and O–H groups in total. The molecular weight excluding hydrogens is 350 g/mol. The number of nitrogens with one attached hydrogen (secondary N) is 1. The highest BCUT2D eigenvalue weighted by Crippen LogP contribution is 2.17. The lowest BCUT2D eigenvalue weighted by Gasteiger charge is -2.34. The molecule has 1 fully saturated rings. The number of amides is 3. The predicted molar refractivity (Wildman–Crippen MR) is 110 cm³/mol. The molecule has 1 heterocycles. The normalized spacial score (nSPS) is 14.1. The molecule has 0 aliphatic carbocycles. The Balaban J connectivity index is 1.32. The average molecular weight is 373 g/mol. The zero-order chi connectivity index (χ0) is 19.3. The van der Waals surface area contributed by atoms with Crippen LogP contribution in [0.3, 0.4) is 0 Å². The van der Waals surface area contributed by atoms with Crippen molar-refractivity contribution in [2.24, 2.45) is 0 Å². The SMILES string of the molecule is O=C(NCc1ccccc1)N1CCN(C(=O)c2ccc3ccccc3c2)CC1. The molecule has 1 aliphatic rings. The summed E-state index contributed by atoms with van der Waals surface area (Å²) in [5, 5.41) is 5.13. The molecule has 3 amide bonds. The van der Waals surface area contributed by atoms with E-state index < -0.39 is 0 Å². The van der Waals surface area contributed by atoms with E-state index in [1.807, 2.05) is 77.7 Å². The van der Waals surface area contributed by atoms with E-state index in [9.17, 15) is 9.59 Å². The summed E-state index contributed by atoms with van der Waals surface area (Å²) in [6, 6.07) is 23.6. The summed E-state index contributed by atoms with van der Waals surface area (Å²) in [5.41, 5.74) is 1.77. The van der Waals surface area contributed by atoms with Crippen LogP contribution in [0.25, 0.3) is 10.8 Å². The molecule has 5 nitrogen and oxygen atoms in total. The minimum atomic E-state index is -0.0818. The van der Waals surface area contributed by atoms with Gasteiger partial charge in [0, 0.05) is 38.3 Å². The Hall–Kier alpha value is -3.34. The van der Waals surface area contributed by atoms with Crippen molar-refractivity contribution in [3.8, 4) is 0 Å². The molecular formula is C23H23N3O2. The maximum Gasteiger partial charge on any atom is 0.317 e. The van der Waals surface area contributed by atoms with Crippen LogP contribution in [0.5, 0.6) is 0 Å². The van der Waals surface area contributed by atoms with Gasteiger partial charge in [0.1, 0.15) is 0 Å². The minimum absolute atomic E-state index is 0.0232. The van der Waals surface area contributed by atoms with E-state index >= 15 is 0 Å². The van der Waals surface area contributed by atoms with Crippen molar-refractivity contribution in [2.45, 2.75) is 6.54 Å². The molecule has 0 saturated carbocycles. The van der Waals surface area contributed by atoms with Crippen molar-refractivity contribution < 1.29 is 9.59 Å². The lowest BCUT2D eigenvalue weighted by atomic mass is 10.1. The molecule has 0 spiro atoms. The second kappa shape index (κ2) is 8.13. The number of piperazine rings is 1. The van der Waals surface area contributed by atoms with Crippen molar-refractivity contribution >= 4 is 22.7 Å². The van der Waals surface area contributed by atoms with Crippen LogP contribution in [0, 0.1) is 0 Å². The van der Waals surface area contributed by atoms with E-state index in [1.54, 1.807) is 4.90 Å². The van der Waals surface area contributed by atoms with Gasteiger partial charge in [-0.25, -0.2) is 4.79 Å². The number of fused-ring (bicyclic) bond motifs is 1. The molecule has 3 aromatic rings. The van der Waals surface area contributed by atoms with E-state index in [-0.39, 0.29) is 11.9 Å². The average Bonchev–Trinajstić information content (AvgIpc) is 2.77. The summed E-state index contributed by atoms with van der Waals surface area (Å²) in [6.07, 6.45) is 0. The van der Waals surface area contributed by atoms with Gasteiger partial charge in [0.25, 0.3) is 5.91 Å². The van der Waals surface area contributed by atoms with Crippen molar-refractivity contribution in [2.75, 3.05) is 26.2 Å². The second-order valence-corrected chi connectivity index (χ2v) is 6.99. The standard InChI is InChI=1S/C23H23N3O2/c27-22(21-11-10-19-8-4-5-9-20(19)16-21)25-12-14-26(15-13-25)23(28)24-17-18-6-2-1-3-7-18/h1-11,16H,12-15,17H2,(H,24,28). The Morgan fingerprint density at radius 3 is 2.14 bits per heavy atom. The van der Waals surface area contributed by atoms with E-state index in [2.05, 4.69) is 5.32 Å². The molecule has 3 aromatic carbocycles. The number of urea groups is 1. The first-order chi connectivity index (χ1) is 13.7. The number of nitrogens with zero attached hydrogens (tertiary/aromatic N) is 2. The maximum atomic E-state index is 12.8. The van der Waals surface area contributed by atoms with Crippen molar-refractivity contribution in [1.29, 1.82) is 0 Å². The summed E-state index contributed by atoms with van der Waals surface area (Å²) in [4.78, 5) is 28.8. The highest BCUT2D eigenvalue weighted by Gasteiger charge is 2.24. The van der Waals surface area contributed by atoms with Gasteiger partial charge >= 0.3 is 6.03 Å². The quantitative estimate of drug-likeness (QED) is 0.764. The molecule has 28 heavy (non-hydrogen) atoms. The van der Waals surface area contributed by atoms with Gasteiger partial charge in [-0.2, -0.15) is 0 Å². The van der Waals surface area contributed by atoms with Crippen molar-refractivity contribution in [3.05, 3.63) is 83.9 Å². The van der Waals surface area contributed by atoms with Gasteiger partial charge in [0.2, 0.25) is 0 Å². The fourth-order valence-corrected chi connectivity index (χ4v) is 3.50. The Morgan fingerprint density at radius 1 is 0.750 bits per heavy atom. The van der Waals surface area contributed by atoms with Gasteiger partial charge in [-0.1, -0.05) is 60.7 Å². The predicted octanol–water partition coefficient (Wildman–Crippen LogP) is 3.51. The third kappa shape index (κ3) is 3.98. The first-order valence-corrected chi connectivity index (χ1v) is 9.55. The molecule has 0 unspecified atom stereocenters. The molecule has 0 radical (unpaired) electrons. The summed E-state index contributed by atoms with van der Waals surface area (Å²) < 4.78 is 0. The van der Waals surface area contributed by atoms with Crippen LogP contribution in [-0.4, -0.2) is 47.9 Å². The molecule has 5 heteroatoms. The van der Waals surface area contributed by atoms with Crippen molar-refractivity contribution in [1.82, 2.24) is 15.1 Å². The number of hydrogen-bond acceptors (Lipinski definition) is 2. The number of benzene rings is 3. The minimum Gasteiger partial charge on any atom is -0.335 e. The van der Waals surface area contributed by atoms with E-state index in [1.165, 1.54) is 0 Å². The maximum absolute atomic E-state index is 12.8. The fraction of sp³-hybridized carbons (Fsp3) is 0.217. The largest absolute Gasteiger partial charge is 0.335 e. The third-order valence-electron chi connectivity index (χ3n) is 5.14. The van der Waals surface area contributed by atoms with Gasteiger partial charge in [0.05, 0.1) is 0 Å². The summed E-state index contributed by atoms with van der Waals surface area (Å²) >= 11 is 0. The van der Waals surface area contributed by atoms with Gasteiger partial charge in [0.15, 0.2) is 0 Å². The first kappa shape index (κ1) is 18.0. The Labute approximate surface area is 164 Å². The van der Waals surface area contributed by atoms with E-state index in [4.69, 9.17) is 0 Å². The van der Waals surface area contributed by atoms with E-state index in [0.29, 0.717) is 38.3 Å². The monoisotopic (exact) mass is 373 g/mol. The number of carbonyl (C=O) groups is 2. The topological polar surface area (TPSA) is 52.7 Å². The Kier molecular flexibility index (Phi) is 5.24. The van der Waals surface area contributed by atoms with Crippen LogP contribution >= 0.6 is 0 Å². The van der Waals surface area contributed by atoms with Crippen LogP contribution in [0.1, 0.15) is 15.9 Å². The molecule has 1 saturated heterocycles. The molecule has 0 atom stereocenters. The highest BCUT2D eigenvalue weighted by molar-refractivity contribution is 5.98. The fourth-order valence-electron chi connectivity index (χ4n) is 3.50. The molecule has 1 aliphatic heterocycles. The van der Waals surface area contributed by atoms with Crippen molar-refractivity contribution in [3.63, 3.8) is 0 Å². The van der Waals surface area contributed by atoms with Gasteiger partial charge in [-0.05, 0) is 28.5 Å². The Morgan fingerprint density at radius 2 is 1.39 bits per heavy atom. The molecule has 0 aromatic heterocycles. The molecule has 4 rings (SSSR count). The van der Waals surface area contributed by atoms with Crippen LogP contribution in [0.15, 0.2) is 72.8 Å².